The number of aromatic nitrogens is 2. The van der Waals surface area contributed by atoms with E-state index in [2.05, 4.69) is 39.7 Å². The van der Waals surface area contributed by atoms with E-state index in [9.17, 15) is 0 Å². The van der Waals surface area contributed by atoms with Crippen LogP contribution in [-0.2, 0) is 0 Å². The molecule has 0 saturated carbocycles. The number of hydrogen-bond acceptors (Lipinski definition) is 5. The van der Waals surface area contributed by atoms with Crippen LogP contribution in [-0.4, -0.2) is 47.1 Å². The molecule has 2 heterocycles. The Hall–Kier alpha value is -1.88. The summed E-state index contributed by atoms with van der Waals surface area (Å²) in [6.45, 7) is 8.68. The average molecular weight is 285 g/mol. The average Bonchev–Trinajstić information content (AvgIpc) is 2.53. The van der Waals surface area contributed by atoms with Gasteiger partial charge in [0.1, 0.15) is 5.82 Å². The van der Waals surface area contributed by atoms with Crippen molar-refractivity contribution in [3.8, 4) is 0 Å². The standard InChI is InChI=1S/C16H23N5/c1-3-12(2)20-8-10-21(11-9-20)15-13-6-4-5-7-14(13)18-16(17)19-15/h4-7,12H,3,8-11H2,1-2H3,(H2,17,18,19). The van der Waals surface area contributed by atoms with Crippen LogP contribution >= 0.6 is 0 Å². The minimum absolute atomic E-state index is 0.355. The summed E-state index contributed by atoms with van der Waals surface area (Å²) in [5, 5.41) is 1.09. The SMILES string of the molecule is CCC(C)N1CCN(c2nc(N)nc3ccccc23)CC1. The Morgan fingerprint density at radius 2 is 1.86 bits per heavy atom. The molecule has 0 aliphatic carbocycles. The number of piperazine rings is 1. The first-order valence-corrected chi connectivity index (χ1v) is 7.70. The summed E-state index contributed by atoms with van der Waals surface area (Å²) in [6.07, 6.45) is 1.20. The quantitative estimate of drug-likeness (QED) is 0.936. The molecule has 1 saturated heterocycles. The van der Waals surface area contributed by atoms with Gasteiger partial charge in [0.25, 0.3) is 0 Å². The van der Waals surface area contributed by atoms with Crippen LogP contribution in [0.15, 0.2) is 24.3 Å². The molecule has 3 rings (SSSR count). The van der Waals surface area contributed by atoms with E-state index in [-0.39, 0.29) is 0 Å². The molecular formula is C16H23N5. The smallest absolute Gasteiger partial charge is 0.222 e. The van der Waals surface area contributed by atoms with Crippen molar-refractivity contribution in [2.24, 2.45) is 0 Å². The molecule has 0 bridgehead atoms. The number of nitrogens with zero attached hydrogens (tertiary/aromatic N) is 4. The van der Waals surface area contributed by atoms with Crippen molar-refractivity contribution in [1.29, 1.82) is 0 Å². The van der Waals surface area contributed by atoms with Gasteiger partial charge in [-0.05, 0) is 25.5 Å². The zero-order valence-electron chi connectivity index (χ0n) is 12.8. The fourth-order valence-corrected chi connectivity index (χ4v) is 2.95. The lowest BCUT2D eigenvalue weighted by molar-refractivity contribution is 0.192. The van der Waals surface area contributed by atoms with Crippen LogP contribution in [0.2, 0.25) is 0 Å². The lowest BCUT2D eigenvalue weighted by Gasteiger charge is -2.38. The van der Waals surface area contributed by atoms with Crippen molar-refractivity contribution >= 4 is 22.7 Å². The van der Waals surface area contributed by atoms with Crippen molar-refractivity contribution in [3.05, 3.63) is 24.3 Å². The normalized spacial score (nSPS) is 18.1. The van der Waals surface area contributed by atoms with Crippen LogP contribution in [0.3, 0.4) is 0 Å². The molecule has 1 fully saturated rings. The minimum Gasteiger partial charge on any atom is -0.368 e. The van der Waals surface area contributed by atoms with E-state index in [1.54, 1.807) is 0 Å². The van der Waals surface area contributed by atoms with Crippen LogP contribution in [0.25, 0.3) is 10.9 Å². The Morgan fingerprint density at radius 3 is 2.57 bits per heavy atom. The Labute approximate surface area is 125 Å². The fraction of sp³-hybridized carbons (Fsp3) is 0.500. The van der Waals surface area contributed by atoms with Crippen molar-refractivity contribution in [1.82, 2.24) is 14.9 Å². The number of nitrogens with two attached hydrogens (primary N) is 1. The van der Waals surface area contributed by atoms with Crippen LogP contribution in [0.4, 0.5) is 11.8 Å². The highest BCUT2D eigenvalue weighted by Crippen LogP contribution is 2.25. The molecule has 112 valence electrons. The third-order valence-corrected chi connectivity index (χ3v) is 4.43. The predicted octanol–water partition coefficient (Wildman–Crippen LogP) is 2.13. The van der Waals surface area contributed by atoms with Gasteiger partial charge in [-0.15, -0.1) is 0 Å². The van der Waals surface area contributed by atoms with E-state index in [0.29, 0.717) is 12.0 Å². The Balaban J connectivity index is 1.85. The Kier molecular flexibility index (Phi) is 3.92. The molecule has 21 heavy (non-hydrogen) atoms. The third-order valence-electron chi connectivity index (χ3n) is 4.43. The van der Waals surface area contributed by atoms with Crippen LogP contribution in [0.1, 0.15) is 20.3 Å². The lowest BCUT2D eigenvalue weighted by atomic mass is 10.1. The van der Waals surface area contributed by atoms with Crippen LogP contribution in [0, 0.1) is 0 Å². The van der Waals surface area contributed by atoms with Gasteiger partial charge in [-0.2, -0.15) is 4.98 Å². The Bertz CT molecular complexity index is 619. The third kappa shape index (κ3) is 2.78. The van der Waals surface area contributed by atoms with Crippen molar-refractivity contribution in [3.63, 3.8) is 0 Å². The van der Waals surface area contributed by atoms with Crippen molar-refractivity contribution < 1.29 is 0 Å². The topological polar surface area (TPSA) is 58.3 Å². The maximum atomic E-state index is 5.87. The molecule has 2 aromatic rings. The zero-order chi connectivity index (χ0) is 14.8. The molecule has 1 aliphatic rings. The molecule has 1 aliphatic heterocycles. The van der Waals surface area contributed by atoms with Gasteiger partial charge < -0.3 is 10.6 Å². The second-order valence-corrected chi connectivity index (χ2v) is 5.70. The number of benzene rings is 1. The summed E-state index contributed by atoms with van der Waals surface area (Å²) in [6, 6.07) is 8.73. The lowest BCUT2D eigenvalue weighted by Crippen LogP contribution is -2.49. The monoisotopic (exact) mass is 285 g/mol. The van der Waals surface area contributed by atoms with Gasteiger partial charge in [-0.1, -0.05) is 19.1 Å². The summed E-state index contributed by atoms with van der Waals surface area (Å²) in [5.41, 5.74) is 6.79. The highest BCUT2D eigenvalue weighted by molar-refractivity contribution is 5.90. The van der Waals surface area contributed by atoms with Gasteiger partial charge in [-0.3, -0.25) is 4.90 Å². The molecule has 5 nitrogen and oxygen atoms in total. The molecule has 1 unspecified atom stereocenters. The van der Waals surface area contributed by atoms with E-state index < -0.39 is 0 Å². The molecule has 0 radical (unpaired) electrons. The first-order valence-electron chi connectivity index (χ1n) is 7.70. The van der Waals surface area contributed by atoms with E-state index >= 15 is 0 Å². The summed E-state index contributed by atoms with van der Waals surface area (Å²) in [7, 11) is 0. The highest BCUT2D eigenvalue weighted by Gasteiger charge is 2.22. The molecule has 0 spiro atoms. The molecular weight excluding hydrogens is 262 g/mol. The van der Waals surface area contributed by atoms with E-state index in [4.69, 9.17) is 5.73 Å². The van der Waals surface area contributed by atoms with Gasteiger partial charge in [0.2, 0.25) is 5.95 Å². The second kappa shape index (κ2) is 5.85. The number of rotatable bonds is 3. The molecule has 5 heteroatoms. The summed E-state index contributed by atoms with van der Waals surface area (Å²) < 4.78 is 0. The van der Waals surface area contributed by atoms with Gasteiger partial charge in [0.15, 0.2) is 0 Å². The van der Waals surface area contributed by atoms with E-state index in [1.165, 1.54) is 6.42 Å². The zero-order valence-corrected chi connectivity index (χ0v) is 12.8. The summed E-state index contributed by atoms with van der Waals surface area (Å²) in [5.74, 6) is 1.33. The summed E-state index contributed by atoms with van der Waals surface area (Å²) >= 11 is 0. The molecule has 0 amide bonds. The first kappa shape index (κ1) is 14.1. The number of anilines is 2. The predicted molar refractivity (Wildman–Crippen MR) is 87.5 cm³/mol. The van der Waals surface area contributed by atoms with Gasteiger partial charge in [0.05, 0.1) is 5.52 Å². The maximum Gasteiger partial charge on any atom is 0.222 e. The van der Waals surface area contributed by atoms with Crippen molar-refractivity contribution in [2.75, 3.05) is 36.8 Å². The molecule has 2 N–H and O–H groups in total. The van der Waals surface area contributed by atoms with Crippen LogP contribution < -0.4 is 10.6 Å². The fourth-order valence-electron chi connectivity index (χ4n) is 2.95. The number of fused-ring (bicyclic) bond motifs is 1. The van der Waals surface area contributed by atoms with Crippen LogP contribution in [0.5, 0.6) is 0 Å². The minimum atomic E-state index is 0.355. The summed E-state index contributed by atoms with van der Waals surface area (Å²) in [4.78, 5) is 13.7. The largest absolute Gasteiger partial charge is 0.368 e. The Morgan fingerprint density at radius 1 is 1.14 bits per heavy atom. The van der Waals surface area contributed by atoms with Crippen molar-refractivity contribution in [2.45, 2.75) is 26.3 Å². The molecule has 1 atom stereocenters. The molecule has 1 aromatic heterocycles. The van der Waals surface area contributed by atoms with E-state index in [1.807, 2.05) is 18.2 Å². The van der Waals surface area contributed by atoms with Gasteiger partial charge in [0, 0.05) is 37.6 Å². The second-order valence-electron chi connectivity index (χ2n) is 5.70. The van der Waals surface area contributed by atoms with E-state index in [0.717, 1.165) is 42.9 Å². The first-order chi connectivity index (χ1) is 10.2. The number of hydrogen-bond donors (Lipinski definition) is 1. The molecule has 1 aromatic carbocycles. The maximum absolute atomic E-state index is 5.87. The number of para-hydroxylation sites is 1. The highest BCUT2D eigenvalue weighted by atomic mass is 15.3. The van der Waals surface area contributed by atoms with Gasteiger partial charge >= 0.3 is 0 Å². The number of nitrogen functional groups attached to an aromatic ring is 1. The van der Waals surface area contributed by atoms with Gasteiger partial charge in [-0.25, -0.2) is 4.98 Å².